The molecule has 0 aliphatic heterocycles. The summed E-state index contributed by atoms with van der Waals surface area (Å²) in [5.41, 5.74) is 0.360. The maximum Gasteiger partial charge on any atom is 0.0613 e. The molecule has 90 valence electrons. The number of aliphatic hydroxyl groups excluding tert-OH is 1. The van der Waals surface area contributed by atoms with Crippen LogP contribution in [0.15, 0.2) is 0 Å². The van der Waals surface area contributed by atoms with Gasteiger partial charge in [0.2, 0.25) is 0 Å². The molecule has 0 bridgehead atoms. The summed E-state index contributed by atoms with van der Waals surface area (Å²) in [5, 5.41) is 13.3. The van der Waals surface area contributed by atoms with Crippen LogP contribution in [0.3, 0.4) is 0 Å². The smallest absolute Gasteiger partial charge is 0.0613 e. The van der Waals surface area contributed by atoms with Crippen molar-refractivity contribution in [3.8, 4) is 0 Å². The average molecular weight is 213 g/mol. The van der Waals surface area contributed by atoms with E-state index in [4.69, 9.17) is 0 Å². The molecule has 2 atom stereocenters. The molecular weight excluding hydrogens is 186 g/mol. The number of rotatable bonds is 4. The summed E-state index contributed by atoms with van der Waals surface area (Å²) in [6.07, 6.45) is 5.87. The summed E-state index contributed by atoms with van der Waals surface area (Å²) >= 11 is 0. The van der Waals surface area contributed by atoms with Crippen molar-refractivity contribution in [3.63, 3.8) is 0 Å². The first kappa shape index (κ1) is 13.0. The fourth-order valence-corrected chi connectivity index (χ4v) is 2.93. The van der Waals surface area contributed by atoms with Gasteiger partial charge in [-0.25, -0.2) is 0 Å². The van der Waals surface area contributed by atoms with Crippen molar-refractivity contribution in [3.05, 3.63) is 0 Å². The highest BCUT2D eigenvalue weighted by Gasteiger charge is 2.39. The second-order valence-corrected chi connectivity index (χ2v) is 6.09. The van der Waals surface area contributed by atoms with Crippen LogP contribution in [0.2, 0.25) is 0 Å². The standard InChI is InChI=1S/C13H27NO/c1-5-11(2)14-13(10-15)8-6-7-12(3,4)9-13/h11,14-15H,5-10H2,1-4H3. The second kappa shape index (κ2) is 4.84. The molecule has 0 spiro atoms. The number of nitrogens with one attached hydrogen (secondary N) is 1. The van der Waals surface area contributed by atoms with E-state index in [2.05, 4.69) is 33.0 Å². The number of aliphatic hydroxyl groups is 1. The zero-order valence-corrected chi connectivity index (χ0v) is 10.8. The Hall–Kier alpha value is -0.0800. The zero-order chi connectivity index (χ0) is 11.5. The van der Waals surface area contributed by atoms with Gasteiger partial charge in [-0.3, -0.25) is 0 Å². The number of hydrogen-bond donors (Lipinski definition) is 2. The van der Waals surface area contributed by atoms with Crippen LogP contribution in [-0.4, -0.2) is 23.3 Å². The Morgan fingerprint density at radius 3 is 2.47 bits per heavy atom. The van der Waals surface area contributed by atoms with Crippen LogP contribution >= 0.6 is 0 Å². The highest BCUT2D eigenvalue weighted by molar-refractivity contribution is 4.97. The minimum absolute atomic E-state index is 0.0167. The van der Waals surface area contributed by atoms with Gasteiger partial charge in [0, 0.05) is 11.6 Å². The van der Waals surface area contributed by atoms with E-state index in [9.17, 15) is 5.11 Å². The van der Waals surface area contributed by atoms with Gasteiger partial charge >= 0.3 is 0 Å². The topological polar surface area (TPSA) is 32.3 Å². The third-order valence-corrected chi connectivity index (χ3v) is 3.79. The molecule has 2 heteroatoms. The number of hydrogen-bond acceptors (Lipinski definition) is 2. The Labute approximate surface area is 94.5 Å². The van der Waals surface area contributed by atoms with Crippen LogP contribution in [0.25, 0.3) is 0 Å². The zero-order valence-electron chi connectivity index (χ0n) is 10.8. The summed E-state index contributed by atoms with van der Waals surface area (Å²) in [7, 11) is 0. The van der Waals surface area contributed by atoms with Crippen molar-refractivity contribution in [2.24, 2.45) is 5.41 Å². The molecule has 1 fully saturated rings. The Balaban J connectivity index is 2.66. The molecule has 2 N–H and O–H groups in total. The molecule has 0 saturated heterocycles. The van der Waals surface area contributed by atoms with E-state index in [0.29, 0.717) is 11.5 Å². The molecule has 1 saturated carbocycles. The van der Waals surface area contributed by atoms with Gasteiger partial charge in [-0.2, -0.15) is 0 Å². The second-order valence-electron chi connectivity index (χ2n) is 6.09. The van der Waals surface area contributed by atoms with E-state index in [0.717, 1.165) is 19.3 Å². The Bertz CT molecular complexity index is 203. The minimum Gasteiger partial charge on any atom is -0.394 e. The van der Waals surface area contributed by atoms with E-state index >= 15 is 0 Å². The van der Waals surface area contributed by atoms with Gasteiger partial charge in [0.1, 0.15) is 0 Å². The molecule has 15 heavy (non-hydrogen) atoms. The predicted octanol–water partition coefficient (Wildman–Crippen LogP) is 2.71. The van der Waals surface area contributed by atoms with Crippen molar-refractivity contribution in [1.82, 2.24) is 5.32 Å². The van der Waals surface area contributed by atoms with Crippen LogP contribution in [0.5, 0.6) is 0 Å². The van der Waals surface area contributed by atoms with Crippen molar-refractivity contribution in [2.75, 3.05) is 6.61 Å². The van der Waals surface area contributed by atoms with Crippen LogP contribution < -0.4 is 5.32 Å². The van der Waals surface area contributed by atoms with Crippen molar-refractivity contribution in [1.29, 1.82) is 0 Å². The van der Waals surface area contributed by atoms with Gasteiger partial charge in [-0.15, -0.1) is 0 Å². The SMILES string of the molecule is CCC(C)NC1(CO)CCCC(C)(C)C1. The van der Waals surface area contributed by atoms with E-state index in [1.807, 2.05) is 0 Å². The van der Waals surface area contributed by atoms with Crippen LogP contribution in [0.4, 0.5) is 0 Å². The molecule has 0 aromatic carbocycles. The van der Waals surface area contributed by atoms with Crippen molar-refractivity contribution < 1.29 is 5.11 Å². The summed E-state index contributed by atoms with van der Waals surface area (Å²) in [5.74, 6) is 0. The molecular formula is C13H27NO. The summed E-state index contributed by atoms with van der Waals surface area (Å²) in [6, 6.07) is 0.506. The van der Waals surface area contributed by atoms with Gasteiger partial charge in [-0.05, 0) is 38.0 Å². The summed E-state index contributed by atoms with van der Waals surface area (Å²) < 4.78 is 0. The van der Waals surface area contributed by atoms with Gasteiger partial charge in [-0.1, -0.05) is 27.2 Å². The minimum atomic E-state index is -0.0167. The molecule has 0 radical (unpaired) electrons. The van der Waals surface area contributed by atoms with Gasteiger partial charge in [0.25, 0.3) is 0 Å². The van der Waals surface area contributed by atoms with Crippen LogP contribution in [-0.2, 0) is 0 Å². The Kier molecular flexibility index (Phi) is 4.19. The molecule has 2 nitrogen and oxygen atoms in total. The van der Waals surface area contributed by atoms with Crippen LogP contribution in [0, 0.1) is 5.41 Å². The van der Waals surface area contributed by atoms with E-state index in [-0.39, 0.29) is 12.1 Å². The molecule has 0 aromatic heterocycles. The summed E-state index contributed by atoms with van der Waals surface area (Å²) in [6.45, 7) is 9.31. The average Bonchev–Trinajstić information content (AvgIpc) is 2.16. The molecule has 0 heterocycles. The lowest BCUT2D eigenvalue weighted by Crippen LogP contribution is -2.56. The fraction of sp³-hybridized carbons (Fsp3) is 1.00. The maximum absolute atomic E-state index is 9.66. The van der Waals surface area contributed by atoms with E-state index < -0.39 is 0 Å². The lowest BCUT2D eigenvalue weighted by Gasteiger charge is -2.46. The molecule has 0 aromatic rings. The monoisotopic (exact) mass is 213 g/mol. The summed E-state index contributed by atoms with van der Waals surface area (Å²) in [4.78, 5) is 0. The first-order valence-electron chi connectivity index (χ1n) is 6.32. The molecule has 0 amide bonds. The highest BCUT2D eigenvalue weighted by atomic mass is 16.3. The Morgan fingerprint density at radius 2 is 2.00 bits per heavy atom. The third kappa shape index (κ3) is 3.46. The molecule has 1 rings (SSSR count). The molecule has 2 unspecified atom stereocenters. The largest absolute Gasteiger partial charge is 0.394 e. The van der Waals surface area contributed by atoms with E-state index in [1.54, 1.807) is 0 Å². The quantitative estimate of drug-likeness (QED) is 0.752. The highest BCUT2D eigenvalue weighted by Crippen LogP contribution is 2.41. The molecule has 1 aliphatic carbocycles. The Morgan fingerprint density at radius 1 is 1.33 bits per heavy atom. The molecule has 1 aliphatic rings. The third-order valence-electron chi connectivity index (χ3n) is 3.79. The normalized spacial score (nSPS) is 32.6. The van der Waals surface area contributed by atoms with Crippen LogP contribution in [0.1, 0.15) is 59.8 Å². The van der Waals surface area contributed by atoms with Gasteiger partial charge in [0.05, 0.1) is 6.61 Å². The van der Waals surface area contributed by atoms with Crippen molar-refractivity contribution in [2.45, 2.75) is 71.4 Å². The van der Waals surface area contributed by atoms with Gasteiger partial charge < -0.3 is 10.4 Å². The maximum atomic E-state index is 9.66. The van der Waals surface area contributed by atoms with E-state index in [1.165, 1.54) is 12.8 Å². The van der Waals surface area contributed by atoms with Gasteiger partial charge in [0.15, 0.2) is 0 Å². The van der Waals surface area contributed by atoms with Crippen molar-refractivity contribution >= 4 is 0 Å². The first-order chi connectivity index (χ1) is 6.93. The lowest BCUT2D eigenvalue weighted by atomic mass is 9.68. The fourth-order valence-electron chi connectivity index (χ4n) is 2.93. The first-order valence-corrected chi connectivity index (χ1v) is 6.32. The lowest BCUT2D eigenvalue weighted by molar-refractivity contribution is 0.0546. The predicted molar refractivity (Wildman–Crippen MR) is 65.0 cm³/mol.